The normalized spacial score (nSPS) is 10.9. The lowest BCUT2D eigenvalue weighted by atomic mass is 10.1. The maximum Gasteiger partial charge on any atom is 0.163 e. The van der Waals surface area contributed by atoms with Crippen molar-refractivity contribution >= 4 is 5.65 Å². The van der Waals surface area contributed by atoms with Crippen molar-refractivity contribution in [1.29, 1.82) is 0 Å². The van der Waals surface area contributed by atoms with Gasteiger partial charge in [0.1, 0.15) is 0 Å². The summed E-state index contributed by atoms with van der Waals surface area (Å²) in [7, 11) is 0. The molecule has 0 saturated heterocycles. The number of nitrogens with zero attached hydrogens (tertiary/aromatic N) is 3. The summed E-state index contributed by atoms with van der Waals surface area (Å²) in [6.45, 7) is 4.02. The SMILES string of the molecule is Cc1ccn2nc(C)c(-c3ccccc3)c2n1. The summed E-state index contributed by atoms with van der Waals surface area (Å²) >= 11 is 0. The van der Waals surface area contributed by atoms with Gasteiger partial charge in [0.05, 0.1) is 5.69 Å². The van der Waals surface area contributed by atoms with Crippen LogP contribution in [0.4, 0.5) is 0 Å². The van der Waals surface area contributed by atoms with Gasteiger partial charge in [-0.3, -0.25) is 0 Å². The Bertz CT molecular complexity index is 669. The first-order valence-electron chi connectivity index (χ1n) is 5.64. The Labute approximate surface area is 99.7 Å². The van der Waals surface area contributed by atoms with E-state index in [2.05, 4.69) is 22.2 Å². The lowest BCUT2D eigenvalue weighted by Crippen LogP contribution is -1.91. The zero-order valence-corrected chi connectivity index (χ0v) is 9.88. The number of aryl methyl sites for hydroxylation is 2. The maximum absolute atomic E-state index is 4.57. The Balaban J connectivity index is 2.35. The van der Waals surface area contributed by atoms with Crippen LogP contribution in [0.5, 0.6) is 0 Å². The van der Waals surface area contributed by atoms with E-state index in [1.165, 1.54) is 0 Å². The van der Waals surface area contributed by atoms with Gasteiger partial charge >= 0.3 is 0 Å². The van der Waals surface area contributed by atoms with E-state index in [1.807, 2.05) is 48.8 Å². The van der Waals surface area contributed by atoms with Gasteiger partial charge in [-0.25, -0.2) is 9.50 Å². The van der Waals surface area contributed by atoms with Gasteiger partial charge in [0.15, 0.2) is 5.65 Å². The minimum absolute atomic E-state index is 0.925. The van der Waals surface area contributed by atoms with Crippen LogP contribution in [0.3, 0.4) is 0 Å². The van der Waals surface area contributed by atoms with Gasteiger partial charge in [-0.2, -0.15) is 5.10 Å². The Morgan fingerprint density at radius 3 is 2.53 bits per heavy atom. The molecule has 0 amide bonds. The summed E-state index contributed by atoms with van der Waals surface area (Å²) in [4.78, 5) is 4.57. The zero-order valence-electron chi connectivity index (χ0n) is 9.88. The zero-order chi connectivity index (χ0) is 11.8. The van der Waals surface area contributed by atoms with E-state index < -0.39 is 0 Å². The average molecular weight is 223 g/mol. The predicted octanol–water partition coefficient (Wildman–Crippen LogP) is 3.01. The molecule has 3 rings (SSSR count). The van der Waals surface area contributed by atoms with Crippen molar-refractivity contribution in [3.63, 3.8) is 0 Å². The largest absolute Gasteiger partial charge is 0.233 e. The van der Waals surface area contributed by atoms with Crippen molar-refractivity contribution in [2.75, 3.05) is 0 Å². The van der Waals surface area contributed by atoms with Crippen LogP contribution in [-0.4, -0.2) is 14.6 Å². The quantitative estimate of drug-likeness (QED) is 0.634. The summed E-state index contributed by atoms with van der Waals surface area (Å²) in [5.74, 6) is 0. The summed E-state index contributed by atoms with van der Waals surface area (Å²) in [5.41, 5.74) is 5.23. The third kappa shape index (κ3) is 1.60. The highest BCUT2D eigenvalue weighted by Crippen LogP contribution is 2.26. The molecule has 0 aliphatic carbocycles. The molecule has 0 aliphatic rings. The minimum Gasteiger partial charge on any atom is -0.233 e. The van der Waals surface area contributed by atoms with Crippen LogP contribution in [0.15, 0.2) is 42.6 Å². The molecule has 0 saturated carbocycles. The summed E-state index contributed by atoms with van der Waals surface area (Å²) in [6.07, 6.45) is 1.96. The Morgan fingerprint density at radius 2 is 1.76 bits per heavy atom. The molecule has 1 aromatic carbocycles. The van der Waals surface area contributed by atoms with Crippen molar-refractivity contribution < 1.29 is 0 Å². The number of rotatable bonds is 1. The number of benzene rings is 1. The Hall–Kier alpha value is -2.16. The summed E-state index contributed by atoms with van der Waals surface area (Å²) in [5, 5.41) is 4.48. The lowest BCUT2D eigenvalue weighted by Gasteiger charge is -2.00. The molecule has 0 radical (unpaired) electrons. The van der Waals surface area contributed by atoms with Gasteiger partial charge in [0.2, 0.25) is 0 Å². The van der Waals surface area contributed by atoms with E-state index in [0.29, 0.717) is 0 Å². The molecular weight excluding hydrogens is 210 g/mol. The highest BCUT2D eigenvalue weighted by Gasteiger charge is 2.12. The van der Waals surface area contributed by atoms with E-state index >= 15 is 0 Å². The Kier molecular flexibility index (Phi) is 2.18. The number of hydrogen-bond acceptors (Lipinski definition) is 2. The molecule has 3 heteroatoms. The minimum atomic E-state index is 0.925. The first-order valence-corrected chi connectivity index (χ1v) is 5.64. The van der Waals surface area contributed by atoms with Crippen LogP contribution < -0.4 is 0 Å². The van der Waals surface area contributed by atoms with Crippen LogP contribution >= 0.6 is 0 Å². The molecule has 84 valence electrons. The topological polar surface area (TPSA) is 30.2 Å². The maximum atomic E-state index is 4.57. The molecule has 17 heavy (non-hydrogen) atoms. The van der Waals surface area contributed by atoms with Gasteiger partial charge in [0, 0.05) is 17.5 Å². The standard InChI is InChI=1S/C14H13N3/c1-10-8-9-17-14(15-10)13(11(2)16-17)12-6-4-3-5-7-12/h3-9H,1-2H3. The molecule has 3 nitrogen and oxygen atoms in total. The van der Waals surface area contributed by atoms with Gasteiger partial charge in [-0.05, 0) is 25.5 Å². The molecule has 3 aromatic rings. The first-order chi connectivity index (χ1) is 8.25. The van der Waals surface area contributed by atoms with Crippen LogP contribution in [0.1, 0.15) is 11.4 Å². The van der Waals surface area contributed by atoms with Crippen LogP contribution in [-0.2, 0) is 0 Å². The van der Waals surface area contributed by atoms with Crippen LogP contribution in [0.2, 0.25) is 0 Å². The van der Waals surface area contributed by atoms with E-state index in [1.54, 1.807) is 0 Å². The molecule has 0 aliphatic heterocycles. The average Bonchev–Trinajstić information content (AvgIpc) is 2.65. The van der Waals surface area contributed by atoms with Gasteiger partial charge in [-0.15, -0.1) is 0 Å². The third-order valence-electron chi connectivity index (χ3n) is 2.86. The molecule has 2 heterocycles. The van der Waals surface area contributed by atoms with E-state index in [4.69, 9.17) is 0 Å². The molecule has 0 spiro atoms. The van der Waals surface area contributed by atoms with E-state index in [0.717, 1.165) is 28.2 Å². The second-order valence-corrected chi connectivity index (χ2v) is 4.16. The smallest absolute Gasteiger partial charge is 0.163 e. The first kappa shape index (κ1) is 10.0. The molecule has 0 unspecified atom stereocenters. The van der Waals surface area contributed by atoms with Crippen molar-refractivity contribution in [1.82, 2.24) is 14.6 Å². The monoisotopic (exact) mass is 223 g/mol. The lowest BCUT2D eigenvalue weighted by molar-refractivity contribution is 0.909. The second kappa shape index (κ2) is 3.70. The van der Waals surface area contributed by atoms with Gasteiger partial charge in [0.25, 0.3) is 0 Å². The van der Waals surface area contributed by atoms with Crippen LogP contribution in [0.25, 0.3) is 16.8 Å². The van der Waals surface area contributed by atoms with Crippen molar-refractivity contribution in [2.24, 2.45) is 0 Å². The van der Waals surface area contributed by atoms with Crippen molar-refractivity contribution in [2.45, 2.75) is 13.8 Å². The second-order valence-electron chi connectivity index (χ2n) is 4.16. The fourth-order valence-corrected chi connectivity index (χ4v) is 2.07. The fraction of sp³-hybridized carbons (Fsp3) is 0.143. The summed E-state index contributed by atoms with van der Waals surface area (Å²) in [6, 6.07) is 12.2. The molecule has 2 aromatic heterocycles. The van der Waals surface area contributed by atoms with Gasteiger partial charge in [-0.1, -0.05) is 30.3 Å². The molecule has 0 bridgehead atoms. The Morgan fingerprint density at radius 1 is 1.00 bits per heavy atom. The van der Waals surface area contributed by atoms with E-state index in [-0.39, 0.29) is 0 Å². The number of fused-ring (bicyclic) bond motifs is 1. The fourth-order valence-electron chi connectivity index (χ4n) is 2.07. The third-order valence-corrected chi connectivity index (χ3v) is 2.86. The highest BCUT2D eigenvalue weighted by atomic mass is 15.2. The molecule has 0 atom stereocenters. The predicted molar refractivity (Wildman–Crippen MR) is 67.9 cm³/mol. The van der Waals surface area contributed by atoms with Crippen LogP contribution in [0, 0.1) is 13.8 Å². The van der Waals surface area contributed by atoms with Gasteiger partial charge < -0.3 is 0 Å². The molecule has 0 N–H and O–H groups in total. The van der Waals surface area contributed by atoms with Crippen molar-refractivity contribution in [3.8, 4) is 11.1 Å². The highest BCUT2D eigenvalue weighted by molar-refractivity contribution is 5.79. The molecular formula is C14H13N3. The number of aromatic nitrogens is 3. The van der Waals surface area contributed by atoms with Crippen molar-refractivity contribution in [3.05, 3.63) is 54.0 Å². The van der Waals surface area contributed by atoms with E-state index in [9.17, 15) is 0 Å². The molecule has 0 fully saturated rings. The number of hydrogen-bond donors (Lipinski definition) is 0. The summed E-state index contributed by atoms with van der Waals surface area (Å²) < 4.78 is 1.84.